The molecule has 4 amide bonds. The van der Waals surface area contributed by atoms with Gasteiger partial charge in [-0.1, -0.05) is 103 Å². The van der Waals surface area contributed by atoms with Crippen LogP contribution in [0.5, 0.6) is 0 Å². The summed E-state index contributed by atoms with van der Waals surface area (Å²) < 4.78 is 16.7. The number of anilines is 8. The third-order valence-electron chi connectivity index (χ3n) is 26.4. The summed E-state index contributed by atoms with van der Waals surface area (Å²) in [7, 11) is 0. The number of aryl methyl sites for hydroxylation is 8. The van der Waals surface area contributed by atoms with Gasteiger partial charge in [0.1, 0.15) is 22.3 Å². The highest BCUT2D eigenvalue weighted by Crippen LogP contribution is 2.34. The van der Waals surface area contributed by atoms with Crippen LogP contribution in [0.1, 0.15) is 203 Å². The number of morpholine rings is 3. The molecule has 8 heterocycles. The van der Waals surface area contributed by atoms with Crippen LogP contribution in [0.4, 0.5) is 46.0 Å². The maximum atomic E-state index is 12.3. The number of ether oxygens (including phenoxy) is 3. The molecule has 4 aromatic heterocycles. The number of aromatic amines is 4. The Labute approximate surface area is 793 Å². The Balaban J connectivity index is 0.000000152. The number of nitrogens with zero attached hydrogens (tertiary/aromatic N) is 9. The van der Waals surface area contributed by atoms with Crippen molar-refractivity contribution in [1.82, 2.24) is 45.7 Å². The van der Waals surface area contributed by atoms with Crippen molar-refractivity contribution in [3.8, 4) is 0 Å². The average Bonchev–Trinajstić information content (AvgIpc) is 1.70. The number of halogens is 1. The number of nitrogens with one attached hydrogen (secondary N) is 8. The van der Waals surface area contributed by atoms with Crippen LogP contribution >= 0.6 is 11.6 Å². The largest absolute Gasteiger partial charge is 0.378 e. The van der Waals surface area contributed by atoms with Crippen LogP contribution in [0, 0.1) is 83.1 Å². The fraction of sp³-hybridized carbons (Fsp3) is 0.390. The summed E-state index contributed by atoms with van der Waals surface area (Å²) in [6, 6.07) is 49.2. The monoisotopic (exact) mass is 1840 g/mol. The second-order valence-corrected chi connectivity index (χ2v) is 36.9. The third-order valence-corrected chi connectivity index (χ3v) is 26.7. The number of rotatable bonds is 29. The first-order valence-corrected chi connectivity index (χ1v) is 46.9. The van der Waals surface area contributed by atoms with Crippen LogP contribution in [-0.2, 0) is 66.1 Å². The van der Waals surface area contributed by atoms with Crippen molar-refractivity contribution in [2.45, 2.75) is 181 Å². The minimum Gasteiger partial charge on any atom is -0.378 e. The Bertz CT molecular complexity index is 5970. The van der Waals surface area contributed by atoms with Crippen molar-refractivity contribution >= 4 is 81.3 Å². The number of amides is 4. The zero-order valence-corrected chi connectivity index (χ0v) is 81.4. The van der Waals surface area contributed by atoms with Crippen molar-refractivity contribution in [1.29, 1.82) is 0 Å². The number of nitrogens with two attached hydrogens (primary N) is 4. The lowest BCUT2D eigenvalue weighted by Gasteiger charge is -2.38. The van der Waals surface area contributed by atoms with E-state index >= 15 is 0 Å². The Hall–Kier alpha value is -13.0. The van der Waals surface area contributed by atoms with Gasteiger partial charge < -0.3 is 78.0 Å². The summed E-state index contributed by atoms with van der Waals surface area (Å²) in [5.74, 6) is -0.0272. The molecule has 0 aliphatic carbocycles. The van der Waals surface area contributed by atoms with E-state index in [0.717, 1.165) is 140 Å². The van der Waals surface area contributed by atoms with Gasteiger partial charge in [0.2, 0.25) is 0 Å². The lowest BCUT2D eigenvalue weighted by molar-refractivity contribution is -0.00523. The molecule has 4 aliphatic heterocycles. The predicted octanol–water partition coefficient (Wildman–Crippen LogP) is 16.0. The number of hydrogen-bond donors (Lipinski definition) is 12. The summed E-state index contributed by atoms with van der Waals surface area (Å²) in [4.78, 5) is 60.9. The van der Waals surface area contributed by atoms with Gasteiger partial charge in [0.25, 0.3) is 23.6 Å². The van der Waals surface area contributed by atoms with Gasteiger partial charge in [-0.3, -0.25) is 44.5 Å². The number of aromatic nitrogens is 8. The van der Waals surface area contributed by atoms with Crippen LogP contribution in [-0.4, -0.2) is 179 Å². The van der Waals surface area contributed by atoms with E-state index in [2.05, 4.69) is 319 Å². The minimum atomic E-state index is -0.520. The molecule has 16 N–H and O–H groups in total. The number of hydrogen-bond acceptors (Lipinski definition) is 20. The first-order chi connectivity index (χ1) is 64.2. The summed E-state index contributed by atoms with van der Waals surface area (Å²) in [5, 5.41) is 43.3. The molecule has 4 saturated heterocycles. The fourth-order valence-electron chi connectivity index (χ4n) is 18.0. The van der Waals surface area contributed by atoms with Crippen molar-refractivity contribution in [2.24, 2.45) is 22.9 Å². The highest BCUT2D eigenvalue weighted by Gasteiger charge is 2.28. The van der Waals surface area contributed by atoms with Gasteiger partial charge in [0.15, 0.2) is 23.3 Å². The molecule has 0 spiro atoms. The summed E-state index contributed by atoms with van der Waals surface area (Å²) in [6.45, 7) is 48.7. The number of carbonyl (C=O) groups is 4. The standard InChI is InChI=1S/C28H38N6O.C27H35N5O2.C25H30ClN5O2.C25H31N5O2/c1-18(2)33-10-12-34(13-11-33)24-8-6-22(7-9-24)16-25-26(27(29)35)28(32-31-25)30-17-23-14-19(3)21(5)20(4)15-23;1-16-10-22(11-17(2)20(16)5)13-29-27-25(26(28)33)24(30-31-27)12-21-6-8-23(9-7-21)32-14-18(3)34-19(4)15-32;1-15-10-19(11-16(2)17(15)3)14-28-25-23(24(27)32)21(29-30-25)13-18-4-5-22(20(26)12-18)31-6-8-33-9-7-31;1-16-12-20(13-17(2)18(16)3)15-27-25-23(24(26)31)22(28-29-25)14-19-4-6-21(7-5-19)30-8-10-32-11-9-30/h6-9,14-15,18H,10-13,16-17H2,1-5H3,(H2,29,35)(H2,30,31,32);6-11,18-19H,12-15H2,1-5H3,(H2,28,33)(H2,29,30,31);4-5,10-12H,6-9,13-14H2,1-3H3,(H2,27,32)(H2,28,29,30);4-7,12-13H,8-11,14-15H2,1-3H3,(H2,26,31)(H2,27,28,29)/t;18-,19+;;. The second-order valence-electron chi connectivity index (χ2n) is 36.5. The fourth-order valence-corrected chi connectivity index (χ4v) is 18.3. The maximum absolute atomic E-state index is 12.3. The quantitative estimate of drug-likeness (QED) is 0.0207. The van der Waals surface area contributed by atoms with E-state index in [0.29, 0.717) is 133 Å². The molecule has 708 valence electrons. The van der Waals surface area contributed by atoms with E-state index in [-0.39, 0.29) is 12.2 Å². The van der Waals surface area contributed by atoms with Gasteiger partial charge >= 0.3 is 0 Å². The lowest BCUT2D eigenvalue weighted by Crippen LogP contribution is -2.48. The predicted molar refractivity (Wildman–Crippen MR) is 540 cm³/mol. The van der Waals surface area contributed by atoms with Crippen LogP contribution < -0.4 is 63.8 Å². The summed E-state index contributed by atoms with van der Waals surface area (Å²) in [6.07, 6.45) is 2.57. The van der Waals surface area contributed by atoms with E-state index in [4.69, 9.17) is 48.7 Å². The van der Waals surface area contributed by atoms with Crippen molar-refractivity contribution in [3.05, 3.63) is 301 Å². The van der Waals surface area contributed by atoms with Crippen molar-refractivity contribution in [3.63, 3.8) is 0 Å². The zero-order chi connectivity index (χ0) is 95.7. The highest BCUT2D eigenvalue weighted by atomic mass is 35.5. The van der Waals surface area contributed by atoms with Crippen LogP contribution in [0.2, 0.25) is 5.02 Å². The number of benzene rings is 8. The molecular formula is C105H134ClN21O7. The molecule has 28 nitrogen and oxygen atoms in total. The highest BCUT2D eigenvalue weighted by molar-refractivity contribution is 6.33. The molecule has 16 rings (SSSR count). The maximum Gasteiger partial charge on any atom is 0.254 e. The molecule has 4 fully saturated rings. The number of piperazine rings is 1. The molecule has 12 aromatic rings. The molecule has 2 atom stereocenters. The van der Waals surface area contributed by atoms with Crippen LogP contribution in [0.25, 0.3) is 0 Å². The Morgan fingerprint density at radius 2 is 0.619 bits per heavy atom. The summed E-state index contributed by atoms with van der Waals surface area (Å²) in [5.41, 5.74) is 56.0. The van der Waals surface area contributed by atoms with Crippen molar-refractivity contribution in [2.75, 3.05) is 133 Å². The first-order valence-electron chi connectivity index (χ1n) is 46.5. The summed E-state index contributed by atoms with van der Waals surface area (Å²) >= 11 is 6.58. The molecule has 4 aliphatic rings. The number of carbonyl (C=O) groups excluding carboxylic acids is 4. The minimum absolute atomic E-state index is 0.213. The van der Waals surface area contributed by atoms with E-state index in [1.807, 2.05) is 18.2 Å². The Morgan fingerprint density at radius 1 is 0.358 bits per heavy atom. The molecule has 134 heavy (non-hydrogen) atoms. The van der Waals surface area contributed by atoms with Gasteiger partial charge in [0.05, 0.1) is 72.1 Å². The van der Waals surface area contributed by atoms with E-state index in [1.165, 1.54) is 83.8 Å². The molecule has 0 saturated carbocycles. The topological polar surface area (TPSA) is 379 Å². The molecule has 8 aromatic carbocycles. The molecule has 0 unspecified atom stereocenters. The number of primary amides is 4. The van der Waals surface area contributed by atoms with Gasteiger partial charge in [-0.15, -0.1) is 0 Å². The lowest BCUT2D eigenvalue weighted by atomic mass is 10.0. The normalized spacial score (nSPS) is 15.1. The zero-order valence-electron chi connectivity index (χ0n) is 80.6. The third kappa shape index (κ3) is 25.3. The van der Waals surface area contributed by atoms with Gasteiger partial charge in [-0.2, -0.15) is 20.4 Å². The number of H-pyrrole nitrogens is 4. The van der Waals surface area contributed by atoms with Gasteiger partial charge in [0, 0.05) is 140 Å². The van der Waals surface area contributed by atoms with Crippen molar-refractivity contribution < 1.29 is 33.4 Å². The average molecular weight is 1840 g/mol. The Kier molecular flexibility index (Phi) is 33.2. The smallest absolute Gasteiger partial charge is 0.254 e. The second kappa shape index (κ2) is 45.2. The van der Waals surface area contributed by atoms with E-state index in [1.54, 1.807) is 0 Å². The van der Waals surface area contributed by atoms with Crippen LogP contribution in [0.3, 0.4) is 0 Å². The molecule has 0 bridgehead atoms. The van der Waals surface area contributed by atoms with Crippen LogP contribution in [0.15, 0.2) is 140 Å². The molecule has 0 radical (unpaired) electrons. The molecular weight excluding hydrogens is 1700 g/mol. The SMILES string of the molecule is Cc1cc(CNc2n[nH]c(Cc3ccc(N4CCN(C(C)C)CC4)cc3)c2C(N)=O)cc(C)c1C.Cc1cc(CNc2n[nH]c(Cc3ccc(N4CCOCC4)c(Cl)c3)c2C(N)=O)cc(C)c1C.Cc1cc(CNc2n[nH]c(Cc3ccc(N4CCOCC4)cc3)c2C(N)=O)cc(C)c1C.Cc1cc(CNc2n[nH]c(Cc3ccc(N4C[C@@H](C)O[C@@H](C)C4)cc3)c2C(N)=O)cc(C)c1C. The Morgan fingerprint density at radius 3 is 0.896 bits per heavy atom. The van der Waals surface area contributed by atoms with E-state index in [9.17, 15) is 19.2 Å². The van der Waals surface area contributed by atoms with Gasteiger partial charge in [-0.25, -0.2) is 0 Å². The molecule has 29 heteroatoms. The first kappa shape index (κ1) is 98.5. The van der Waals surface area contributed by atoms with E-state index < -0.39 is 23.6 Å². The van der Waals surface area contributed by atoms with Gasteiger partial charge in [-0.05, 0) is 271 Å².